The Morgan fingerprint density at radius 3 is 2.28 bits per heavy atom. The highest BCUT2D eigenvalue weighted by atomic mass is 16.2. The Balaban J connectivity index is 1.73. The van der Waals surface area contributed by atoms with Crippen LogP contribution in [0.1, 0.15) is 58.8 Å². The fourth-order valence-corrected chi connectivity index (χ4v) is 6.22. The van der Waals surface area contributed by atoms with E-state index in [0.29, 0.717) is 6.61 Å². The first kappa shape index (κ1) is 13.0. The molecule has 0 spiro atoms. The highest BCUT2D eigenvalue weighted by Gasteiger charge is 2.58. The first-order chi connectivity index (χ1) is 8.80. The van der Waals surface area contributed by atoms with Crippen LogP contribution in [0.15, 0.2) is 0 Å². The quantitative estimate of drug-likeness (QED) is 0.778. The van der Waals surface area contributed by atoms with E-state index < -0.39 is 0 Å². The summed E-state index contributed by atoms with van der Waals surface area (Å²) in [6.45, 7) is 5.22. The lowest BCUT2D eigenvalue weighted by molar-refractivity contribution is 0.122. The Morgan fingerprint density at radius 2 is 1.61 bits per heavy atom. The number of aliphatic hydroxyl groups is 1. The minimum absolute atomic E-state index is 0.400. The number of hydrogen-bond acceptors (Lipinski definition) is 1. The summed E-state index contributed by atoms with van der Waals surface area (Å²) >= 11 is 0. The minimum Gasteiger partial charge on any atom is -0.396 e. The van der Waals surface area contributed by atoms with E-state index in [1.165, 1.54) is 32.1 Å². The molecule has 18 heavy (non-hydrogen) atoms. The van der Waals surface area contributed by atoms with Crippen LogP contribution in [0.4, 0.5) is 0 Å². The van der Waals surface area contributed by atoms with Crippen molar-refractivity contribution in [3.05, 3.63) is 0 Å². The molecule has 1 nitrogen and oxygen atoms in total. The maximum atomic E-state index is 9.06. The molecule has 3 saturated carbocycles. The fourth-order valence-electron chi connectivity index (χ4n) is 6.22. The smallest absolute Gasteiger partial charge is 0.0431 e. The third kappa shape index (κ3) is 1.85. The Morgan fingerprint density at radius 1 is 0.889 bits per heavy atom. The van der Waals surface area contributed by atoms with Gasteiger partial charge in [0.2, 0.25) is 0 Å². The topological polar surface area (TPSA) is 20.2 Å². The van der Waals surface area contributed by atoms with Gasteiger partial charge in [-0.1, -0.05) is 26.7 Å². The second-order valence-electron chi connectivity index (χ2n) is 7.25. The van der Waals surface area contributed by atoms with Crippen LogP contribution in [0, 0.1) is 41.4 Å². The van der Waals surface area contributed by atoms with E-state index in [4.69, 9.17) is 5.11 Å². The van der Waals surface area contributed by atoms with Gasteiger partial charge in [-0.25, -0.2) is 0 Å². The summed E-state index contributed by atoms with van der Waals surface area (Å²) in [5.74, 6) is 7.31. The van der Waals surface area contributed by atoms with Crippen molar-refractivity contribution in [2.24, 2.45) is 41.4 Å². The molecule has 3 aliphatic carbocycles. The monoisotopic (exact) mass is 250 g/mol. The average molecular weight is 250 g/mol. The predicted octanol–water partition coefficient (Wildman–Crippen LogP) is 4.10. The molecule has 3 rings (SSSR count). The van der Waals surface area contributed by atoms with Crippen molar-refractivity contribution in [2.75, 3.05) is 6.61 Å². The van der Waals surface area contributed by atoms with Gasteiger partial charge >= 0.3 is 0 Å². The molecular weight excluding hydrogens is 220 g/mol. The van der Waals surface area contributed by atoms with E-state index >= 15 is 0 Å². The molecule has 2 bridgehead atoms. The summed E-state index contributed by atoms with van der Waals surface area (Å²) in [4.78, 5) is 0. The zero-order valence-corrected chi connectivity index (χ0v) is 12.1. The van der Waals surface area contributed by atoms with Gasteiger partial charge in [-0.05, 0) is 73.5 Å². The van der Waals surface area contributed by atoms with Crippen LogP contribution in [-0.4, -0.2) is 11.7 Å². The predicted molar refractivity (Wildman–Crippen MR) is 75.2 cm³/mol. The standard InChI is InChI=1S/C17H30O/c1-3-11-8-12(4-2)17-15-10-14(16(11)17)9-13(15)6-5-7-18/h11-18H,3-10H2,1-2H3. The van der Waals surface area contributed by atoms with Crippen LogP contribution in [0.2, 0.25) is 0 Å². The second-order valence-corrected chi connectivity index (χ2v) is 7.25. The van der Waals surface area contributed by atoms with Crippen molar-refractivity contribution < 1.29 is 5.11 Å². The average Bonchev–Trinajstić information content (AvgIpc) is 3.05. The summed E-state index contributed by atoms with van der Waals surface area (Å²) in [7, 11) is 0. The van der Waals surface area contributed by atoms with Gasteiger partial charge in [0, 0.05) is 6.61 Å². The lowest BCUT2D eigenvalue weighted by atomic mass is 9.69. The zero-order valence-electron chi connectivity index (χ0n) is 12.1. The molecule has 1 heteroatoms. The van der Waals surface area contributed by atoms with E-state index in [1.54, 1.807) is 6.42 Å². The van der Waals surface area contributed by atoms with Gasteiger partial charge in [0.25, 0.3) is 0 Å². The molecule has 0 aliphatic heterocycles. The van der Waals surface area contributed by atoms with E-state index in [2.05, 4.69) is 13.8 Å². The molecule has 0 aromatic carbocycles. The normalized spacial score (nSPS) is 49.8. The van der Waals surface area contributed by atoms with Gasteiger partial charge in [-0.2, -0.15) is 0 Å². The summed E-state index contributed by atoms with van der Waals surface area (Å²) in [5.41, 5.74) is 0. The molecule has 7 atom stereocenters. The van der Waals surface area contributed by atoms with Crippen LogP contribution in [-0.2, 0) is 0 Å². The molecule has 0 radical (unpaired) electrons. The van der Waals surface area contributed by atoms with Crippen molar-refractivity contribution in [1.82, 2.24) is 0 Å². The Labute approximate surface area is 112 Å². The summed E-state index contributed by atoms with van der Waals surface area (Å²) in [5, 5.41) is 9.06. The van der Waals surface area contributed by atoms with Crippen molar-refractivity contribution in [3.63, 3.8) is 0 Å². The van der Waals surface area contributed by atoms with Gasteiger partial charge < -0.3 is 5.11 Å². The highest BCUT2D eigenvalue weighted by Crippen LogP contribution is 2.66. The Kier molecular flexibility index (Phi) is 3.71. The van der Waals surface area contributed by atoms with Crippen molar-refractivity contribution in [2.45, 2.75) is 58.8 Å². The van der Waals surface area contributed by atoms with E-state index in [0.717, 1.165) is 47.8 Å². The maximum Gasteiger partial charge on any atom is 0.0431 e. The number of aliphatic hydroxyl groups excluding tert-OH is 1. The molecule has 7 unspecified atom stereocenters. The van der Waals surface area contributed by atoms with E-state index in [1.807, 2.05) is 0 Å². The van der Waals surface area contributed by atoms with Crippen LogP contribution in [0.3, 0.4) is 0 Å². The largest absolute Gasteiger partial charge is 0.396 e. The number of hydrogen-bond donors (Lipinski definition) is 1. The molecule has 104 valence electrons. The van der Waals surface area contributed by atoms with E-state index in [-0.39, 0.29) is 0 Å². The lowest BCUT2D eigenvalue weighted by Crippen LogP contribution is -2.30. The molecular formula is C17H30O. The van der Waals surface area contributed by atoms with Crippen LogP contribution < -0.4 is 0 Å². The molecule has 1 N–H and O–H groups in total. The molecule has 0 aromatic rings. The first-order valence-electron chi connectivity index (χ1n) is 8.40. The number of fused-ring (bicyclic) bond motifs is 5. The Bertz CT molecular complexity index is 285. The van der Waals surface area contributed by atoms with Crippen LogP contribution >= 0.6 is 0 Å². The fraction of sp³-hybridized carbons (Fsp3) is 1.00. The molecule has 3 fully saturated rings. The summed E-state index contributed by atoms with van der Waals surface area (Å²) in [6.07, 6.45) is 9.74. The zero-order chi connectivity index (χ0) is 12.7. The molecule has 0 saturated heterocycles. The minimum atomic E-state index is 0.400. The maximum absolute atomic E-state index is 9.06. The van der Waals surface area contributed by atoms with Gasteiger partial charge in [0.1, 0.15) is 0 Å². The molecule has 0 heterocycles. The van der Waals surface area contributed by atoms with Gasteiger partial charge in [-0.3, -0.25) is 0 Å². The third-order valence-corrected chi connectivity index (χ3v) is 6.75. The molecule has 0 amide bonds. The van der Waals surface area contributed by atoms with Crippen LogP contribution in [0.25, 0.3) is 0 Å². The first-order valence-corrected chi connectivity index (χ1v) is 8.40. The van der Waals surface area contributed by atoms with Crippen molar-refractivity contribution in [3.8, 4) is 0 Å². The Hall–Kier alpha value is -0.0400. The number of rotatable bonds is 5. The second kappa shape index (κ2) is 5.15. The SMILES string of the molecule is CCC1CC(CC)C2C3CC(CC3CCCO)C12. The van der Waals surface area contributed by atoms with Gasteiger partial charge in [0.15, 0.2) is 0 Å². The third-order valence-electron chi connectivity index (χ3n) is 6.75. The molecule has 3 aliphatic rings. The van der Waals surface area contributed by atoms with E-state index in [9.17, 15) is 0 Å². The lowest BCUT2D eigenvalue weighted by Gasteiger charge is -2.36. The summed E-state index contributed by atoms with van der Waals surface area (Å²) < 4.78 is 0. The van der Waals surface area contributed by atoms with Crippen LogP contribution in [0.5, 0.6) is 0 Å². The van der Waals surface area contributed by atoms with Crippen molar-refractivity contribution in [1.29, 1.82) is 0 Å². The van der Waals surface area contributed by atoms with Gasteiger partial charge in [-0.15, -0.1) is 0 Å². The summed E-state index contributed by atoms with van der Waals surface area (Å²) in [6, 6.07) is 0. The highest BCUT2D eigenvalue weighted by molar-refractivity contribution is 5.07. The molecule has 0 aromatic heterocycles. The van der Waals surface area contributed by atoms with Gasteiger partial charge in [0.05, 0.1) is 0 Å². The van der Waals surface area contributed by atoms with Crippen molar-refractivity contribution >= 4 is 0 Å².